The summed E-state index contributed by atoms with van der Waals surface area (Å²) < 4.78 is 40.2. The van der Waals surface area contributed by atoms with E-state index in [2.05, 4.69) is 10.4 Å². The van der Waals surface area contributed by atoms with Gasteiger partial charge in [0.05, 0.1) is 23.1 Å². The van der Waals surface area contributed by atoms with Crippen molar-refractivity contribution in [2.24, 2.45) is 0 Å². The molecule has 0 saturated heterocycles. The Morgan fingerprint density at radius 2 is 2.10 bits per heavy atom. The van der Waals surface area contributed by atoms with Crippen LogP contribution in [0.1, 0.15) is 35.6 Å². The van der Waals surface area contributed by atoms with E-state index in [1.807, 2.05) is 7.05 Å². The van der Waals surface area contributed by atoms with E-state index in [0.717, 1.165) is 36.2 Å². The summed E-state index contributed by atoms with van der Waals surface area (Å²) >= 11 is 0. The third-order valence-electron chi connectivity index (χ3n) is 3.64. The van der Waals surface area contributed by atoms with Gasteiger partial charge in [-0.25, -0.2) is 4.68 Å². The molecule has 0 amide bonds. The predicted octanol–water partition coefficient (Wildman–Crippen LogP) is 3.49. The number of aromatic nitrogens is 2. The Balaban J connectivity index is 2.04. The van der Waals surface area contributed by atoms with E-state index in [4.69, 9.17) is 0 Å². The van der Waals surface area contributed by atoms with Gasteiger partial charge in [-0.1, -0.05) is 6.07 Å². The molecule has 1 heterocycles. The second kappa shape index (κ2) is 5.18. The lowest BCUT2D eigenvalue weighted by atomic mass is 10.1. The minimum atomic E-state index is -4.34. The lowest BCUT2D eigenvalue weighted by Gasteiger charge is -2.12. The minimum Gasteiger partial charge on any atom is -0.316 e. The zero-order valence-electron chi connectivity index (χ0n) is 11.6. The lowest BCUT2D eigenvalue weighted by Crippen LogP contribution is -2.10. The smallest absolute Gasteiger partial charge is 0.316 e. The normalized spacial score (nSPS) is 15.4. The van der Waals surface area contributed by atoms with Gasteiger partial charge >= 0.3 is 6.18 Å². The average molecular weight is 295 g/mol. The maximum atomic E-state index is 12.8. The van der Waals surface area contributed by atoms with Crippen LogP contribution in [0.4, 0.5) is 13.2 Å². The topological polar surface area (TPSA) is 29.9 Å². The van der Waals surface area contributed by atoms with Crippen LogP contribution in [0.25, 0.3) is 5.69 Å². The summed E-state index contributed by atoms with van der Waals surface area (Å²) in [5.41, 5.74) is 1.91. The van der Waals surface area contributed by atoms with Gasteiger partial charge in [-0.2, -0.15) is 18.3 Å². The van der Waals surface area contributed by atoms with Crippen molar-refractivity contribution >= 4 is 0 Å². The van der Waals surface area contributed by atoms with Crippen molar-refractivity contribution < 1.29 is 13.2 Å². The molecule has 1 aromatic carbocycles. The van der Waals surface area contributed by atoms with E-state index in [0.29, 0.717) is 18.2 Å². The maximum Gasteiger partial charge on any atom is 0.416 e. The van der Waals surface area contributed by atoms with E-state index in [9.17, 15) is 13.2 Å². The number of alkyl halides is 3. The molecule has 1 fully saturated rings. The monoisotopic (exact) mass is 295 g/mol. The fourth-order valence-electron chi connectivity index (χ4n) is 2.53. The van der Waals surface area contributed by atoms with Crippen molar-refractivity contribution in [3.8, 4) is 5.69 Å². The van der Waals surface area contributed by atoms with Gasteiger partial charge in [0, 0.05) is 18.0 Å². The average Bonchev–Trinajstić information content (AvgIpc) is 3.20. The summed E-state index contributed by atoms with van der Waals surface area (Å²) in [6.07, 6.45) is -0.454. The minimum absolute atomic E-state index is 0.408. The molecule has 2 aromatic rings. The summed E-state index contributed by atoms with van der Waals surface area (Å²) in [4.78, 5) is 0. The van der Waals surface area contributed by atoms with E-state index in [1.54, 1.807) is 16.9 Å². The van der Waals surface area contributed by atoms with Gasteiger partial charge < -0.3 is 5.32 Å². The van der Waals surface area contributed by atoms with Crippen molar-refractivity contribution in [3.05, 3.63) is 47.3 Å². The second-order valence-corrected chi connectivity index (χ2v) is 5.32. The van der Waals surface area contributed by atoms with Gasteiger partial charge in [-0.15, -0.1) is 0 Å². The number of nitrogens with one attached hydrogen (secondary N) is 1. The number of hydrogen-bond acceptors (Lipinski definition) is 2. The van der Waals surface area contributed by atoms with Crippen molar-refractivity contribution in [1.29, 1.82) is 0 Å². The molecule has 0 unspecified atom stereocenters. The highest BCUT2D eigenvalue weighted by Crippen LogP contribution is 2.42. The molecule has 21 heavy (non-hydrogen) atoms. The molecule has 0 radical (unpaired) electrons. The van der Waals surface area contributed by atoms with Gasteiger partial charge in [0.1, 0.15) is 0 Å². The first kappa shape index (κ1) is 14.1. The summed E-state index contributed by atoms with van der Waals surface area (Å²) in [7, 11) is 1.85. The maximum absolute atomic E-state index is 12.8. The Morgan fingerprint density at radius 3 is 2.71 bits per heavy atom. The first-order valence-corrected chi connectivity index (χ1v) is 6.89. The Kier molecular flexibility index (Phi) is 3.49. The van der Waals surface area contributed by atoms with Gasteiger partial charge in [-0.3, -0.25) is 0 Å². The Bertz CT molecular complexity index is 642. The number of hydrogen-bond donors (Lipinski definition) is 1. The van der Waals surface area contributed by atoms with Crippen LogP contribution in [0.2, 0.25) is 0 Å². The van der Waals surface area contributed by atoms with Crippen molar-refractivity contribution in [3.63, 3.8) is 0 Å². The van der Waals surface area contributed by atoms with Crippen LogP contribution in [0.5, 0.6) is 0 Å². The van der Waals surface area contributed by atoms with Gasteiger partial charge in [-0.05, 0) is 38.1 Å². The van der Waals surface area contributed by atoms with E-state index < -0.39 is 11.7 Å². The van der Waals surface area contributed by atoms with E-state index in [1.165, 1.54) is 6.07 Å². The first-order valence-electron chi connectivity index (χ1n) is 6.89. The fraction of sp³-hybridized carbons (Fsp3) is 0.400. The van der Waals surface area contributed by atoms with Crippen molar-refractivity contribution in [2.75, 3.05) is 7.05 Å². The summed E-state index contributed by atoms with van der Waals surface area (Å²) in [5.74, 6) is 0.408. The van der Waals surface area contributed by atoms with Crippen LogP contribution >= 0.6 is 0 Å². The molecule has 1 N–H and O–H groups in total. The molecule has 3 nitrogen and oxygen atoms in total. The van der Waals surface area contributed by atoms with Gasteiger partial charge in [0.2, 0.25) is 0 Å². The van der Waals surface area contributed by atoms with Crippen LogP contribution in [0.3, 0.4) is 0 Å². The number of nitrogens with zero attached hydrogens (tertiary/aromatic N) is 2. The van der Waals surface area contributed by atoms with E-state index in [-0.39, 0.29) is 0 Å². The number of rotatable bonds is 4. The third kappa shape index (κ3) is 2.81. The van der Waals surface area contributed by atoms with Crippen molar-refractivity contribution in [1.82, 2.24) is 15.1 Å². The molecule has 0 atom stereocenters. The zero-order chi connectivity index (χ0) is 15.0. The highest BCUT2D eigenvalue weighted by Gasteiger charge is 2.33. The van der Waals surface area contributed by atoms with E-state index >= 15 is 0 Å². The van der Waals surface area contributed by atoms with Crippen LogP contribution in [-0.2, 0) is 12.7 Å². The molecule has 1 aliphatic carbocycles. The van der Waals surface area contributed by atoms with Crippen LogP contribution in [-0.4, -0.2) is 16.8 Å². The summed E-state index contributed by atoms with van der Waals surface area (Å²) in [5, 5.41) is 7.37. The molecule has 112 valence electrons. The highest BCUT2D eigenvalue weighted by molar-refractivity contribution is 5.41. The quantitative estimate of drug-likeness (QED) is 0.935. The standard InChI is InChI=1S/C15H16F3N3/c1-19-8-11-9-20-21(14(11)10-5-6-10)13-4-2-3-12(7-13)15(16,17)18/h2-4,7,9-10,19H,5-6,8H2,1H3. The molecule has 1 aromatic heterocycles. The molecule has 1 saturated carbocycles. The van der Waals surface area contributed by atoms with Crippen LogP contribution in [0.15, 0.2) is 30.5 Å². The van der Waals surface area contributed by atoms with Crippen LogP contribution < -0.4 is 5.32 Å². The molecular weight excluding hydrogens is 279 g/mol. The molecule has 0 spiro atoms. The molecule has 0 bridgehead atoms. The van der Waals surface area contributed by atoms with Crippen molar-refractivity contribution in [2.45, 2.75) is 31.5 Å². The largest absolute Gasteiger partial charge is 0.416 e. The predicted molar refractivity (Wildman–Crippen MR) is 73.3 cm³/mol. The van der Waals surface area contributed by atoms with Crippen LogP contribution in [0, 0.1) is 0 Å². The van der Waals surface area contributed by atoms with Gasteiger partial charge in [0.15, 0.2) is 0 Å². The molecular formula is C15H16F3N3. The summed E-state index contributed by atoms with van der Waals surface area (Å²) in [6.45, 7) is 0.671. The summed E-state index contributed by atoms with van der Waals surface area (Å²) in [6, 6.07) is 5.33. The number of benzene rings is 1. The Hall–Kier alpha value is -1.82. The second-order valence-electron chi connectivity index (χ2n) is 5.32. The molecule has 3 rings (SSSR count). The Morgan fingerprint density at radius 1 is 1.33 bits per heavy atom. The lowest BCUT2D eigenvalue weighted by molar-refractivity contribution is -0.137. The zero-order valence-corrected chi connectivity index (χ0v) is 11.6. The highest BCUT2D eigenvalue weighted by atomic mass is 19.4. The first-order chi connectivity index (χ1) is 10.0. The Labute approximate surface area is 120 Å². The molecule has 6 heteroatoms. The number of halogens is 3. The molecule has 1 aliphatic rings. The third-order valence-corrected chi connectivity index (χ3v) is 3.64. The van der Waals surface area contributed by atoms with Gasteiger partial charge in [0.25, 0.3) is 0 Å². The SMILES string of the molecule is CNCc1cnn(-c2cccc(C(F)(F)F)c2)c1C1CC1. The fourth-order valence-corrected chi connectivity index (χ4v) is 2.53. The molecule has 0 aliphatic heterocycles.